The number of hydrogen-bond donors (Lipinski definition) is 1. The topological polar surface area (TPSA) is 24.5 Å². The van der Waals surface area contributed by atoms with E-state index in [1.54, 1.807) is 12.1 Å². The van der Waals surface area contributed by atoms with Crippen LogP contribution in [-0.4, -0.2) is 48.8 Å². The fraction of sp³-hybridized carbons (Fsp3) is 0.625. The Balaban J connectivity index is 1.48. The van der Waals surface area contributed by atoms with Gasteiger partial charge < -0.3 is 10.1 Å². The second kappa shape index (κ2) is 7.01. The van der Waals surface area contributed by atoms with E-state index in [-0.39, 0.29) is 22.2 Å². The number of likely N-dealkylation sites (tertiary alicyclic amines) is 1. The van der Waals surface area contributed by atoms with E-state index in [9.17, 15) is 13.2 Å². The molecule has 1 aromatic rings. The standard InChI is InChI=1S/C16H21F3N2OS/c17-16(18,19)23-14-5-3-13(4-6-14)9-20-10-15(11-22-12-15)21-7-1-2-8-21/h3-6,20H,1-2,7-12H2. The van der Waals surface area contributed by atoms with Gasteiger partial charge in [0, 0.05) is 18.0 Å². The molecule has 1 aromatic carbocycles. The third-order valence-corrected chi connectivity index (χ3v) is 5.20. The fourth-order valence-electron chi connectivity index (χ4n) is 3.17. The summed E-state index contributed by atoms with van der Waals surface area (Å²) in [7, 11) is 0. The average molecular weight is 346 g/mol. The number of nitrogens with zero attached hydrogens (tertiary/aromatic N) is 1. The molecule has 0 aliphatic carbocycles. The predicted octanol–water partition coefficient (Wildman–Crippen LogP) is 3.25. The Morgan fingerprint density at radius 2 is 1.78 bits per heavy atom. The van der Waals surface area contributed by atoms with Gasteiger partial charge >= 0.3 is 5.51 Å². The molecule has 0 atom stereocenters. The fourth-order valence-corrected chi connectivity index (χ4v) is 3.71. The van der Waals surface area contributed by atoms with Crippen LogP contribution in [0.4, 0.5) is 13.2 Å². The van der Waals surface area contributed by atoms with Crippen molar-refractivity contribution in [3.05, 3.63) is 29.8 Å². The monoisotopic (exact) mass is 346 g/mol. The van der Waals surface area contributed by atoms with Gasteiger partial charge in [0.1, 0.15) is 0 Å². The molecule has 7 heteroatoms. The lowest BCUT2D eigenvalue weighted by Crippen LogP contribution is -2.66. The third kappa shape index (κ3) is 4.41. The van der Waals surface area contributed by atoms with Crippen LogP contribution >= 0.6 is 11.8 Å². The van der Waals surface area contributed by atoms with Crippen LogP contribution in [0.1, 0.15) is 18.4 Å². The van der Waals surface area contributed by atoms with Gasteiger partial charge in [0.05, 0.1) is 18.8 Å². The zero-order valence-electron chi connectivity index (χ0n) is 12.9. The van der Waals surface area contributed by atoms with Crippen molar-refractivity contribution in [1.82, 2.24) is 10.2 Å². The first-order chi connectivity index (χ1) is 11.0. The highest BCUT2D eigenvalue weighted by atomic mass is 32.2. The van der Waals surface area contributed by atoms with E-state index < -0.39 is 5.51 Å². The van der Waals surface area contributed by atoms with Gasteiger partial charge in [-0.2, -0.15) is 13.2 Å². The summed E-state index contributed by atoms with van der Waals surface area (Å²) in [6.07, 6.45) is 2.50. The number of nitrogens with one attached hydrogen (secondary N) is 1. The summed E-state index contributed by atoms with van der Waals surface area (Å²) in [5, 5.41) is 3.44. The predicted molar refractivity (Wildman–Crippen MR) is 84.4 cm³/mol. The largest absolute Gasteiger partial charge is 0.446 e. The molecule has 0 spiro atoms. The van der Waals surface area contributed by atoms with Crippen molar-refractivity contribution in [3.8, 4) is 0 Å². The second-order valence-corrected chi connectivity index (χ2v) is 7.35. The first kappa shape index (κ1) is 17.1. The smallest absolute Gasteiger partial charge is 0.377 e. The SMILES string of the molecule is FC(F)(F)Sc1ccc(CNCC2(N3CCCC3)COC2)cc1. The Morgan fingerprint density at radius 1 is 1.13 bits per heavy atom. The van der Waals surface area contributed by atoms with Crippen LogP contribution in [0.25, 0.3) is 0 Å². The molecular weight excluding hydrogens is 325 g/mol. The van der Waals surface area contributed by atoms with Gasteiger partial charge in [0.15, 0.2) is 0 Å². The maximum atomic E-state index is 12.3. The maximum Gasteiger partial charge on any atom is 0.446 e. The summed E-state index contributed by atoms with van der Waals surface area (Å²) in [6.45, 7) is 5.31. The summed E-state index contributed by atoms with van der Waals surface area (Å²) >= 11 is -0.0765. The summed E-state index contributed by atoms with van der Waals surface area (Å²) in [5.74, 6) is 0. The van der Waals surface area contributed by atoms with Crippen molar-refractivity contribution < 1.29 is 17.9 Å². The summed E-state index contributed by atoms with van der Waals surface area (Å²) in [5.41, 5.74) is -3.12. The molecule has 3 nitrogen and oxygen atoms in total. The van der Waals surface area contributed by atoms with E-state index in [1.807, 2.05) is 0 Å². The molecule has 1 N–H and O–H groups in total. The van der Waals surface area contributed by atoms with Gasteiger partial charge in [0.2, 0.25) is 0 Å². The molecule has 0 bridgehead atoms. The van der Waals surface area contributed by atoms with Crippen molar-refractivity contribution >= 4 is 11.8 Å². The van der Waals surface area contributed by atoms with E-state index in [0.29, 0.717) is 6.54 Å². The first-order valence-electron chi connectivity index (χ1n) is 7.85. The van der Waals surface area contributed by atoms with Gasteiger partial charge in [-0.05, 0) is 55.4 Å². The highest BCUT2D eigenvalue weighted by Gasteiger charge is 2.44. The molecular formula is C16H21F3N2OS. The van der Waals surface area contributed by atoms with Crippen molar-refractivity contribution in [2.24, 2.45) is 0 Å². The van der Waals surface area contributed by atoms with Gasteiger partial charge in [-0.25, -0.2) is 0 Å². The van der Waals surface area contributed by atoms with E-state index in [4.69, 9.17) is 4.74 Å². The highest BCUT2D eigenvalue weighted by Crippen LogP contribution is 2.36. The van der Waals surface area contributed by atoms with Crippen molar-refractivity contribution in [1.29, 1.82) is 0 Å². The Kier molecular flexibility index (Phi) is 5.20. The number of halogens is 3. The summed E-state index contributed by atoms with van der Waals surface area (Å²) in [6, 6.07) is 6.55. The lowest BCUT2D eigenvalue weighted by atomic mass is 9.95. The van der Waals surface area contributed by atoms with Gasteiger partial charge in [-0.3, -0.25) is 4.90 Å². The molecule has 0 saturated carbocycles. The van der Waals surface area contributed by atoms with Crippen molar-refractivity contribution in [2.45, 2.75) is 35.3 Å². The second-order valence-electron chi connectivity index (χ2n) is 6.21. The van der Waals surface area contributed by atoms with Crippen LogP contribution in [0.15, 0.2) is 29.2 Å². The van der Waals surface area contributed by atoms with Crippen molar-refractivity contribution in [2.75, 3.05) is 32.8 Å². The number of ether oxygens (including phenoxy) is 1. The van der Waals surface area contributed by atoms with E-state index >= 15 is 0 Å². The molecule has 128 valence electrons. The molecule has 2 aliphatic heterocycles. The molecule has 2 heterocycles. The Labute approximate surface area is 138 Å². The molecule has 3 rings (SSSR count). The normalized spacial score (nSPS) is 21.3. The molecule has 0 amide bonds. The Morgan fingerprint density at radius 3 is 2.30 bits per heavy atom. The van der Waals surface area contributed by atoms with Gasteiger partial charge in [0.25, 0.3) is 0 Å². The summed E-state index contributed by atoms with van der Waals surface area (Å²) < 4.78 is 42.3. The Hall–Kier alpha value is -0.760. The first-order valence-corrected chi connectivity index (χ1v) is 8.67. The van der Waals surface area contributed by atoms with Crippen LogP contribution in [0.3, 0.4) is 0 Å². The molecule has 0 unspecified atom stereocenters. The van der Waals surface area contributed by atoms with Gasteiger partial charge in [-0.15, -0.1) is 0 Å². The average Bonchev–Trinajstić information content (AvgIpc) is 2.96. The lowest BCUT2D eigenvalue weighted by Gasteiger charge is -2.48. The molecule has 2 aliphatic rings. The zero-order chi connectivity index (χ0) is 16.3. The highest BCUT2D eigenvalue weighted by molar-refractivity contribution is 8.00. The molecule has 23 heavy (non-hydrogen) atoms. The van der Waals surface area contributed by atoms with Crippen LogP contribution in [0.5, 0.6) is 0 Å². The zero-order valence-corrected chi connectivity index (χ0v) is 13.7. The van der Waals surface area contributed by atoms with Crippen molar-refractivity contribution in [3.63, 3.8) is 0 Å². The summed E-state index contributed by atoms with van der Waals surface area (Å²) in [4.78, 5) is 2.73. The molecule has 0 radical (unpaired) electrons. The minimum Gasteiger partial charge on any atom is -0.377 e. The molecule has 2 fully saturated rings. The minimum atomic E-state index is -4.23. The minimum absolute atomic E-state index is 0.0765. The number of thioether (sulfide) groups is 1. The maximum absolute atomic E-state index is 12.3. The quantitative estimate of drug-likeness (QED) is 0.799. The third-order valence-electron chi connectivity index (χ3n) is 4.46. The van der Waals surface area contributed by atoms with Gasteiger partial charge in [-0.1, -0.05) is 12.1 Å². The van der Waals surface area contributed by atoms with Crippen LogP contribution in [0, 0.1) is 0 Å². The number of hydrogen-bond acceptors (Lipinski definition) is 4. The number of benzene rings is 1. The van der Waals surface area contributed by atoms with Crippen LogP contribution < -0.4 is 5.32 Å². The number of rotatable bonds is 6. The van der Waals surface area contributed by atoms with E-state index in [0.717, 1.165) is 38.4 Å². The van der Waals surface area contributed by atoms with E-state index in [2.05, 4.69) is 10.2 Å². The Bertz CT molecular complexity index is 511. The van der Waals surface area contributed by atoms with E-state index in [1.165, 1.54) is 25.0 Å². The molecule has 0 aromatic heterocycles. The number of alkyl halides is 3. The lowest BCUT2D eigenvalue weighted by molar-refractivity contribution is -0.131. The molecule has 2 saturated heterocycles. The van der Waals surface area contributed by atoms with Crippen LogP contribution in [0.2, 0.25) is 0 Å². The van der Waals surface area contributed by atoms with Crippen LogP contribution in [-0.2, 0) is 11.3 Å².